The number of aromatic amines is 1. The van der Waals surface area contributed by atoms with E-state index in [-0.39, 0.29) is 11.9 Å². The Morgan fingerprint density at radius 3 is 2.62 bits per heavy atom. The Morgan fingerprint density at radius 1 is 1.17 bits per heavy atom. The van der Waals surface area contributed by atoms with Gasteiger partial charge >= 0.3 is 0 Å². The summed E-state index contributed by atoms with van der Waals surface area (Å²) in [6, 6.07) is 3.47. The van der Waals surface area contributed by atoms with E-state index in [4.69, 9.17) is 14.2 Å². The van der Waals surface area contributed by atoms with Gasteiger partial charge in [0.1, 0.15) is 11.4 Å². The third-order valence-electron chi connectivity index (χ3n) is 5.28. The van der Waals surface area contributed by atoms with Crippen molar-refractivity contribution < 1.29 is 19.0 Å². The average molecular weight is 399 g/mol. The van der Waals surface area contributed by atoms with Crippen molar-refractivity contribution in [2.24, 2.45) is 7.05 Å². The number of nitrogens with zero attached hydrogens (tertiary/aromatic N) is 3. The minimum Gasteiger partial charge on any atom is -0.496 e. The van der Waals surface area contributed by atoms with Gasteiger partial charge in [0.15, 0.2) is 11.5 Å². The molecule has 0 spiro atoms. The molecule has 0 bridgehead atoms. The second kappa shape index (κ2) is 7.67. The highest BCUT2D eigenvalue weighted by Crippen LogP contribution is 2.41. The lowest BCUT2D eigenvalue weighted by Gasteiger charge is -2.35. The summed E-state index contributed by atoms with van der Waals surface area (Å²) in [5.41, 5.74) is 2.14. The zero-order chi connectivity index (χ0) is 20.5. The van der Waals surface area contributed by atoms with E-state index in [2.05, 4.69) is 15.4 Å². The Labute approximate surface area is 168 Å². The van der Waals surface area contributed by atoms with E-state index >= 15 is 0 Å². The molecule has 2 N–H and O–H groups in total. The summed E-state index contributed by atoms with van der Waals surface area (Å²) in [6.07, 6.45) is 3.75. The molecule has 1 saturated heterocycles. The molecule has 1 unspecified atom stereocenters. The molecule has 1 aromatic carbocycles. The second-order valence-electron chi connectivity index (χ2n) is 6.95. The van der Waals surface area contributed by atoms with Crippen molar-refractivity contribution >= 4 is 16.8 Å². The molecule has 0 radical (unpaired) electrons. The number of piperazine rings is 1. The monoisotopic (exact) mass is 399 g/mol. The molecule has 0 saturated carbocycles. The highest BCUT2D eigenvalue weighted by atomic mass is 16.5. The number of aryl methyl sites for hydroxylation is 1. The highest BCUT2D eigenvalue weighted by Gasteiger charge is 2.31. The molecule has 4 rings (SSSR count). The molecule has 0 aliphatic carbocycles. The summed E-state index contributed by atoms with van der Waals surface area (Å²) >= 11 is 0. The number of aromatic nitrogens is 3. The van der Waals surface area contributed by atoms with Gasteiger partial charge in [-0.05, 0) is 6.07 Å². The van der Waals surface area contributed by atoms with Crippen molar-refractivity contribution in [2.45, 2.75) is 6.04 Å². The van der Waals surface area contributed by atoms with E-state index in [1.54, 1.807) is 44.3 Å². The van der Waals surface area contributed by atoms with E-state index in [9.17, 15) is 4.79 Å². The Balaban J connectivity index is 1.76. The number of ether oxygens (including phenoxy) is 3. The smallest absolute Gasteiger partial charge is 0.270 e. The van der Waals surface area contributed by atoms with Crippen molar-refractivity contribution in [3.8, 4) is 17.2 Å². The molecule has 3 heterocycles. The summed E-state index contributed by atoms with van der Waals surface area (Å²) < 4.78 is 18.2. The van der Waals surface area contributed by atoms with Crippen molar-refractivity contribution in [3.05, 3.63) is 35.8 Å². The van der Waals surface area contributed by atoms with Crippen LogP contribution in [0.25, 0.3) is 10.9 Å². The lowest BCUT2D eigenvalue weighted by atomic mass is 10.1. The molecule has 1 aliphatic heterocycles. The number of H-pyrrole nitrogens is 1. The minimum atomic E-state index is -0.0883. The van der Waals surface area contributed by atoms with Gasteiger partial charge in [0.2, 0.25) is 0 Å². The first-order chi connectivity index (χ1) is 14.1. The van der Waals surface area contributed by atoms with Crippen molar-refractivity contribution in [2.75, 3.05) is 41.0 Å². The van der Waals surface area contributed by atoms with E-state index in [0.29, 0.717) is 41.5 Å². The fourth-order valence-electron chi connectivity index (χ4n) is 3.86. The molecular weight excluding hydrogens is 374 g/mol. The fraction of sp³-hybridized carbons (Fsp3) is 0.400. The Morgan fingerprint density at radius 2 is 1.97 bits per heavy atom. The summed E-state index contributed by atoms with van der Waals surface area (Å²) in [5.74, 6) is 1.59. The minimum absolute atomic E-state index is 0.0837. The number of methoxy groups -OCH3 is 3. The maximum absolute atomic E-state index is 13.4. The molecule has 1 amide bonds. The Bertz CT molecular complexity index is 1040. The summed E-state index contributed by atoms with van der Waals surface area (Å²) in [4.78, 5) is 18.5. The largest absolute Gasteiger partial charge is 0.496 e. The quantitative estimate of drug-likeness (QED) is 0.679. The number of hydrogen-bond donors (Lipinski definition) is 2. The van der Waals surface area contributed by atoms with E-state index in [1.807, 2.05) is 18.1 Å². The van der Waals surface area contributed by atoms with Crippen molar-refractivity contribution in [1.29, 1.82) is 0 Å². The van der Waals surface area contributed by atoms with Gasteiger partial charge in [-0.2, -0.15) is 5.10 Å². The van der Waals surface area contributed by atoms with E-state index in [0.717, 1.165) is 17.5 Å². The molecule has 154 valence electrons. The van der Waals surface area contributed by atoms with Crippen LogP contribution >= 0.6 is 0 Å². The zero-order valence-electron chi connectivity index (χ0n) is 17.0. The zero-order valence-corrected chi connectivity index (χ0v) is 17.0. The normalized spacial score (nSPS) is 16.8. The van der Waals surface area contributed by atoms with Crippen LogP contribution in [0.2, 0.25) is 0 Å². The SMILES string of the molecule is COc1cc(OC)c2cc(C(=O)N3CCNCC3c3cnn(C)c3)[nH]c2c1OC. The number of benzene rings is 1. The van der Waals surface area contributed by atoms with Crippen molar-refractivity contribution in [1.82, 2.24) is 25.0 Å². The number of carbonyl (C=O) groups is 1. The number of hydrogen-bond acceptors (Lipinski definition) is 6. The van der Waals surface area contributed by atoms with E-state index in [1.165, 1.54) is 0 Å². The topological polar surface area (TPSA) is 93.6 Å². The third kappa shape index (κ3) is 3.27. The average Bonchev–Trinajstić information content (AvgIpc) is 3.38. The van der Waals surface area contributed by atoms with Gasteiger partial charge in [0.05, 0.1) is 39.1 Å². The van der Waals surface area contributed by atoms with Crippen LogP contribution in [0.4, 0.5) is 0 Å². The van der Waals surface area contributed by atoms with Crippen molar-refractivity contribution in [3.63, 3.8) is 0 Å². The third-order valence-corrected chi connectivity index (χ3v) is 5.28. The fourth-order valence-corrected chi connectivity index (χ4v) is 3.86. The van der Waals surface area contributed by atoms with Crippen LogP contribution < -0.4 is 19.5 Å². The maximum atomic E-state index is 13.4. The van der Waals surface area contributed by atoms with Gasteiger partial charge in [-0.1, -0.05) is 0 Å². The molecule has 9 heteroatoms. The second-order valence-corrected chi connectivity index (χ2v) is 6.95. The predicted molar refractivity (Wildman–Crippen MR) is 108 cm³/mol. The number of carbonyl (C=O) groups excluding carboxylic acids is 1. The van der Waals surface area contributed by atoms with Crippen LogP contribution in [-0.4, -0.2) is 66.5 Å². The maximum Gasteiger partial charge on any atom is 0.270 e. The van der Waals surface area contributed by atoms with Gasteiger partial charge in [-0.15, -0.1) is 0 Å². The number of amides is 1. The van der Waals surface area contributed by atoms with Gasteiger partial charge < -0.3 is 29.4 Å². The first-order valence-electron chi connectivity index (χ1n) is 9.39. The molecular formula is C20H25N5O4. The lowest BCUT2D eigenvalue weighted by molar-refractivity contribution is 0.0629. The molecule has 2 aromatic heterocycles. The van der Waals surface area contributed by atoms with Gasteiger partial charge in [0, 0.05) is 49.9 Å². The predicted octanol–water partition coefficient (Wildman–Crippen LogP) is 1.71. The van der Waals surface area contributed by atoms with Crippen LogP contribution in [0.1, 0.15) is 22.1 Å². The number of nitrogens with one attached hydrogen (secondary N) is 2. The van der Waals surface area contributed by atoms with E-state index < -0.39 is 0 Å². The van der Waals surface area contributed by atoms with Gasteiger partial charge in [-0.3, -0.25) is 9.48 Å². The van der Waals surface area contributed by atoms with Crippen LogP contribution in [0.15, 0.2) is 24.5 Å². The van der Waals surface area contributed by atoms with Crippen LogP contribution in [0, 0.1) is 0 Å². The lowest BCUT2D eigenvalue weighted by Crippen LogP contribution is -2.48. The molecule has 9 nitrogen and oxygen atoms in total. The molecule has 1 atom stereocenters. The highest BCUT2D eigenvalue weighted by molar-refractivity contribution is 6.02. The summed E-state index contributed by atoms with van der Waals surface area (Å²) in [7, 11) is 6.59. The summed E-state index contributed by atoms with van der Waals surface area (Å²) in [6.45, 7) is 2.02. The molecule has 1 aliphatic rings. The standard InChI is InChI=1S/C20H25N5O4/c1-24-11-12(9-22-24)15-10-21-5-6-25(15)20(26)14-7-13-16(27-2)8-17(28-3)19(29-4)18(13)23-14/h7-9,11,15,21,23H,5-6,10H2,1-4H3. The van der Waals surface area contributed by atoms with Crippen LogP contribution in [0.5, 0.6) is 17.2 Å². The van der Waals surface area contributed by atoms with Gasteiger partial charge in [0.25, 0.3) is 5.91 Å². The Hall–Kier alpha value is -3.20. The Kier molecular flexibility index (Phi) is 5.06. The number of rotatable bonds is 5. The molecule has 3 aromatic rings. The molecule has 29 heavy (non-hydrogen) atoms. The van der Waals surface area contributed by atoms with Crippen LogP contribution in [-0.2, 0) is 7.05 Å². The van der Waals surface area contributed by atoms with Crippen LogP contribution in [0.3, 0.4) is 0 Å². The first kappa shape index (κ1) is 19.1. The van der Waals surface area contributed by atoms with Gasteiger partial charge in [-0.25, -0.2) is 0 Å². The first-order valence-corrected chi connectivity index (χ1v) is 9.39. The number of fused-ring (bicyclic) bond motifs is 1. The summed E-state index contributed by atoms with van der Waals surface area (Å²) in [5, 5.41) is 8.38. The molecule has 1 fully saturated rings.